The summed E-state index contributed by atoms with van der Waals surface area (Å²) in [6, 6.07) is 5.85. The van der Waals surface area contributed by atoms with Gasteiger partial charge in [0.25, 0.3) is 0 Å². The van der Waals surface area contributed by atoms with Crippen LogP contribution in [0.15, 0.2) is 35.8 Å². The standard InChI is InChI=1S/C7H11NS.C6H6O2/c1-6(2)5-7-8-3-4-9-7;7-5-2-1-3-6(8)4-5/h3-4,6H,5H2,1-2H3;1-4,7-8H. The predicted octanol–water partition coefficient (Wildman–Crippen LogP) is 3.44. The second-order valence-corrected chi connectivity index (χ2v) is 5.02. The minimum Gasteiger partial charge on any atom is -0.508 e. The number of thiazole rings is 1. The number of aromatic nitrogens is 1. The summed E-state index contributed by atoms with van der Waals surface area (Å²) in [6.07, 6.45) is 2.99. The second-order valence-electron chi connectivity index (χ2n) is 4.04. The van der Waals surface area contributed by atoms with Crippen molar-refractivity contribution >= 4 is 11.3 Å². The van der Waals surface area contributed by atoms with Crippen LogP contribution in [0, 0.1) is 5.92 Å². The lowest BCUT2D eigenvalue weighted by molar-refractivity contribution is 0.450. The van der Waals surface area contributed by atoms with Crippen molar-refractivity contribution in [2.45, 2.75) is 20.3 Å². The molecule has 0 saturated heterocycles. The molecule has 0 aliphatic heterocycles. The molecule has 0 unspecified atom stereocenters. The Hall–Kier alpha value is -1.55. The average molecular weight is 251 g/mol. The molecule has 0 aliphatic rings. The van der Waals surface area contributed by atoms with Crippen LogP contribution in [0.4, 0.5) is 0 Å². The van der Waals surface area contributed by atoms with E-state index in [4.69, 9.17) is 10.2 Å². The summed E-state index contributed by atoms with van der Waals surface area (Å²) in [6.45, 7) is 4.42. The highest BCUT2D eigenvalue weighted by Gasteiger charge is 1.97. The summed E-state index contributed by atoms with van der Waals surface area (Å²) < 4.78 is 0. The van der Waals surface area contributed by atoms with Crippen LogP contribution >= 0.6 is 11.3 Å². The molecule has 0 bridgehead atoms. The molecule has 4 heteroatoms. The molecule has 0 aliphatic carbocycles. The van der Waals surface area contributed by atoms with E-state index in [1.54, 1.807) is 17.4 Å². The van der Waals surface area contributed by atoms with Gasteiger partial charge in [0.1, 0.15) is 11.5 Å². The first-order valence-corrected chi connectivity index (χ1v) is 6.32. The Bertz CT molecular complexity index is 409. The van der Waals surface area contributed by atoms with Crippen LogP contribution in [-0.2, 0) is 6.42 Å². The zero-order valence-electron chi connectivity index (χ0n) is 10.00. The second kappa shape index (κ2) is 6.91. The third kappa shape index (κ3) is 5.92. The molecule has 3 nitrogen and oxygen atoms in total. The van der Waals surface area contributed by atoms with E-state index < -0.39 is 0 Å². The third-order valence-electron chi connectivity index (χ3n) is 1.90. The molecule has 2 aromatic rings. The highest BCUT2D eigenvalue weighted by atomic mass is 32.1. The Labute approximate surface area is 105 Å². The largest absolute Gasteiger partial charge is 0.508 e. The lowest BCUT2D eigenvalue weighted by Gasteiger charge is -1.97. The SMILES string of the molecule is CC(C)Cc1nccs1.Oc1cccc(O)c1. The summed E-state index contributed by atoms with van der Waals surface area (Å²) in [5, 5.41) is 20.6. The first-order valence-electron chi connectivity index (χ1n) is 5.44. The van der Waals surface area contributed by atoms with Gasteiger partial charge in [0.2, 0.25) is 0 Å². The van der Waals surface area contributed by atoms with Gasteiger partial charge in [0, 0.05) is 24.1 Å². The minimum absolute atomic E-state index is 0.0880. The number of phenolic OH excluding ortho intramolecular Hbond substituents is 2. The Morgan fingerprint density at radius 2 is 1.88 bits per heavy atom. The molecule has 0 spiro atoms. The number of hydrogen-bond acceptors (Lipinski definition) is 4. The predicted molar refractivity (Wildman–Crippen MR) is 70.4 cm³/mol. The van der Waals surface area contributed by atoms with Crippen molar-refractivity contribution in [3.63, 3.8) is 0 Å². The molecule has 2 N–H and O–H groups in total. The maximum atomic E-state index is 8.65. The Morgan fingerprint density at radius 3 is 2.24 bits per heavy atom. The Morgan fingerprint density at radius 1 is 1.24 bits per heavy atom. The summed E-state index contributed by atoms with van der Waals surface area (Å²) in [5.41, 5.74) is 0. The lowest BCUT2D eigenvalue weighted by atomic mass is 10.1. The van der Waals surface area contributed by atoms with Gasteiger partial charge in [-0.15, -0.1) is 11.3 Å². The van der Waals surface area contributed by atoms with Crippen LogP contribution in [0.5, 0.6) is 11.5 Å². The van der Waals surface area contributed by atoms with Crippen molar-refractivity contribution in [1.29, 1.82) is 0 Å². The molecule has 17 heavy (non-hydrogen) atoms. The van der Waals surface area contributed by atoms with Gasteiger partial charge in [-0.2, -0.15) is 0 Å². The van der Waals surface area contributed by atoms with Crippen LogP contribution in [0.25, 0.3) is 0 Å². The molecule has 2 rings (SSSR count). The summed E-state index contributed by atoms with van der Waals surface area (Å²) in [5.74, 6) is 0.908. The lowest BCUT2D eigenvalue weighted by Crippen LogP contribution is -1.91. The van der Waals surface area contributed by atoms with Gasteiger partial charge in [-0.25, -0.2) is 4.98 Å². The Kier molecular flexibility index (Phi) is 5.49. The van der Waals surface area contributed by atoms with Gasteiger partial charge in [-0.3, -0.25) is 0 Å². The fraction of sp³-hybridized carbons (Fsp3) is 0.308. The fourth-order valence-corrected chi connectivity index (χ4v) is 2.03. The van der Waals surface area contributed by atoms with Crippen molar-refractivity contribution < 1.29 is 10.2 Å². The van der Waals surface area contributed by atoms with Crippen molar-refractivity contribution in [2.24, 2.45) is 5.92 Å². The number of hydrogen-bond donors (Lipinski definition) is 2. The molecular weight excluding hydrogens is 234 g/mol. The maximum Gasteiger partial charge on any atom is 0.119 e. The fourth-order valence-electron chi connectivity index (χ4n) is 1.20. The van der Waals surface area contributed by atoms with Crippen LogP contribution in [0.2, 0.25) is 0 Å². The summed E-state index contributed by atoms with van der Waals surface area (Å²) >= 11 is 1.74. The highest BCUT2D eigenvalue weighted by Crippen LogP contribution is 2.14. The number of aromatic hydroxyl groups is 2. The van der Waals surface area contributed by atoms with Crippen molar-refractivity contribution in [2.75, 3.05) is 0 Å². The zero-order valence-corrected chi connectivity index (χ0v) is 10.8. The van der Waals surface area contributed by atoms with Crippen LogP contribution in [0.1, 0.15) is 18.9 Å². The normalized spacial score (nSPS) is 9.82. The molecule has 0 saturated carbocycles. The molecule has 0 amide bonds. The molecule has 0 radical (unpaired) electrons. The van der Waals surface area contributed by atoms with E-state index in [9.17, 15) is 0 Å². The van der Waals surface area contributed by atoms with Crippen molar-refractivity contribution in [1.82, 2.24) is 4.98 Å². The van der Waals surface area contributed by atoms with E-state index in [2.05, 4.69) is 18.8 Å². The molecule has 1 aromatic heterocycles. The monoisotopic (exact) mass is 251 g/mol. The smallest absolute Gasteiger partial charge is 0.119 e. The van der Waals surface area contributed by atoms with Gasteiger partial charge in [0.05, 0.1) is 5.01 Å². The number of rotatable bonds is 2. The van der Waals surface area contributed by atoms with Crippen molar-refractivity contribution in [3.8, 4) is 11.5 Å². The summed E-state index contributed by atoms with van der Waals surface area (Å²) in [4.78, 5) is 4.17. The van der Waals surface area contributed by atoms with Gasteiger partial charge >= 0.3 is 0 Å². The van der Waals surface area contributed by atoms with Gasteiger partial charge in [-0.1, -0.05) is 19.9 Å². The third-order valence-corrected chi connectivity index (χ3v) is 2.70. The first-order chi connectivity index (χ1) is 8.08. The number of nitrogens with zero attached hydrogens (tertiary/aromatic N) is 1. The average Bonchev–Trinajstić information content (AvgIpc) is 2.69. The van der Waals surface area contributed by atoms with Crippen LogP contribution in [-0.4, -0.2) is 15.2 Å². The topological polar surface area (TPSA) is 53.4 Å². The first kappa shape index (κ1) is 13.5. The molecule has 0 atom stereocenters. The van der Waals surface area contributed by atoms with E-state index in [1.165, 1.54) is 23.2 Å². The summed E-state index contributed by atoms with van der Waals surface area (Å²) in [7, 11) is 0. The van der Waals surface area contributed by atoms with Gasteiger partial charge in [-0.05, 0) is 18.1 Å². The van der Waals surface area contributed by atoms with Gasteiger partial charge in [0.15, 0.2) is 0 Å². The van der Waals surface area contributed by atoms with Gasteiger partial charge < -0.3 is 10.2 Å². The maximum absolute atomic E-state index is 8.65. The molecular formula is C13H17NO2S. The number of benzene rings is 1. The van der Waals surface area contributed by atoms with Crippen LogP contribution in [0.3, 0.4) is 0 Å². The van der Waals surface area contributed by atoms with Crippen molar-refractivity contribution in [3.05, 3.63) is 40.8 Å². The molecule has 0 fully saturated rings. The van der Waals surface area contributed by atoms with E-state index in [0.29, 0.717) is 0 Å². The Balaban J connectivity index is 0.000000171. The highest BCUT2D eigenvalue weighted by molar-refractivity contribution is 7.09. The van der Waals surface area contributed by atoms with E-state index in [0.717, 1.165) is 12.3 Å². The zero-order chi connectivity index (χ0) is 12.7. The number of phenols is 2. The minimum atomic E-state index is 0.0880. The quantitative estimate of drug-likeness (QED) is 0.859. The molecule has 1 heterocycles. The van der Waals surface area contributed by atoms with E-state index >= 15 is 0 Å². The van der Waals surface area contributed by atoms with E-state index in [1.807, 2.05) is 11.6 Å². The van der Waals surface area contributed by atoms with Crippen LogP contribution < -0.4 is 0 Å². The molecule has 92 valence electrons. The van der Waals surface area contributed by atoms with E-state index in [-0.39, 0.29) is 11.5 Å². The molecule has 1 aromatic carbocycles.